The molecule has 1 aromatic carbocycles. The molecule has 1 atom stereocenters. The van der Waals surface area contributed by atoms with E-state index >= 15 is 0 Å². The Labute approximate surface area is 196 Å². The number of thioether (sulfide) groups is 1. The Morgan fingerprint density at radius 2 is 2.00 bits per heavy atom. The second-order valence-corrected chi connectivity index (χ2v) is 10.2. The first-order valence-electron chi connectivity index (χ1n) is 12.1. The van der Waals surface area contributed by atoms with Crippen LogP contribution in [0.1, 0.15) is 87.1 Å². The van der Waals surface area contributed by atoms with E-state index in [1.54, 1.807) is 0 Å². The molecule has 32 heavy (non-hydrogen) atoms. The molecular formula is C25H37N3O3S. The minimum atomic E-state index is -0.306. The van der Waals surface area contributed by atoms with Gasteiger partial charge in [-0.25, -0.2) is 0 Å². The van der Waals surface area contributed by atoms with E-state index < -0.39 is 0 Å². The highest BCUT2D eigenvalue weighted by Crippen LogP contribution is 2.30. The second-order valence-electron chi connectivity index (χ2n) is 9.02. The molecule has 0 aromatic heterocycles. The van der Waals surface area contributed by atoms with Crippen LogP contribution in [0, 0.1) is 0 Å². The first-order chi connectivity index (χ1) is 15.6. The molecule has 1 aliphatic carbocycles. The molecule has 1 saturated carbocycles. The zero-order chi connectivity index (χ0) is 22.8. The molecule has 1 fully saturated rings. The van der Waals surface area contributed by atoms with Gasteiger partial charge in [-0.15, -0.1) is 11.8 Å². The van der Waals surface area contributed by atoms with E-state index in [4.69, 9.17) is 0 Å². The molecule has 3 amide bonds. The van der Waals surface area contributed by atoms with Crippen molar-refractivity contribution in [1.82, 2.24) is 15.5 Å². The van der Waals surface area contributed by atoms with Gasteiger partial charge in [-0.1, -0.05) is 25.7 Å². The lowest BCUT2D eigenvalue weighted by atomic mass is 9.93. The Morgan fingerprint density at radius 3 is 2.75 bits per heavy atom. The minimum absolute atomic E-state index is 0.0339. The normalized spacial score (nSPS) is 16.5. The van der Waals surface area contributed by atoms with Gasteiger partial charge in [0.1, 0.15) is 0 Å². The largest absolute Gasteiger partial charge is 0.332 e. The fourth-order valence-corrected chi connectivity index (χ4v) is 5.24. The van der Waals surface area contributed by atoms with Crippen molar-refractivity contribution in [1.29, 1.82) is 0 Å². The molecule has 7 heteroatoms. The SMILES string of the molecule is CC(CCC(=O)NC=O)N1Cc2cc(SCCCCCCCNC3CCC3)ccc2C1=O. The average molecular weight is 460 g/mol. The van der Waals surface area contributed by atoms with E-state index in [1.807, 2.05) is 29.7 Å². The second kappa shape index (κ2) is 13.0. The summed E-state index contributed by atoms with van der Waals surface area (Å²) in [4.78, 5) is 37.6. The van der Waals surface area contributed by atoms with Gasteiger partial charge in [0.2, 0.25) is 12.3 Å². The van der Waals surface area contributed by atoms with Crippen LogP contribution in [0.25, 0.3) is 0 Å². The van der Waals surface area contributed by atoms with Gasteiger partial charge in [0.15, 0.2) is 0 Å². The molecular weight excluding hydrogens is 422 g/mol. The molecule has 0 bridgehead atoms. The highest BCUT2D eigenvalue weighted by Gasteiger charge is 2.30. The molecule has 3 rings (SSSR count). The van der Waals surface area contributed by atoms with Crippen molar-refractivity contribution in [3.63, 3.8) is 0 Å². The van der Waals surface area contributed by atoms with E-state index in [9.17, 15) is 14.4 Å². The third-order valence-corrected chi connectivity index (χ3v) is 7.66. The molecule has 0 radical (unpaired) electrons. The Balaban J connectivity index is 1.32. The van der Waals surface area contributed by atoms with E-state index in [0.717, 1.165) is 22.9 Å². The van der Waals surface area contributed by atoms with Gasteiger partial charge < -0.3 is 10.2 Å². The number of carbonyl (C=O) groups is 3. The zero-order valence-electron chi connectivity index (χ0n) is 19.2. The molecule has 0 spiro atoms. The molecule has 1 unspecified atom stereocenters. The van der Waals surface area contributed by atoms with Gasteiger partial charge in [0.25, 0.3) is 5.91 Å². The number of nitrogens with zero attached hydrogens (tertiary/aromatic N) is 1. The number of carbonyl (C=O) groups excluding carboxylic acids is 3. The molecule has 0 saturated heterocycles. The molecule has 2 aliphatic rings. The Bertz CT molecular complexity index is 782. The Hall–Kier alpha value is -1.86. The predicted octanol–water partition coefficient (Wildman–Crippen LogP) is 4.27. The zero-order valence-corrected chi connectivity index (χ0v) is 20.1. The number of nitrogens with one attached hydrogen (secondary N) is 2. The summed E-state index contributed by atoms with van der Waals surface area (Å²) in [7, 11) is 0. The van der Waals surface area contributed by atoms with Crippen molar-refractivity contribution in [3.8, 4) is 0 Å². The number of hydrogen-bond donors (Lipinski definition) is 2. The van der Waals surface area contributed by atoms with Crippen molar-refractivity contribution in [2.75, 3.05) is 12.3 Å². The van der Waals surface area contributed by atoms with Gasteiger partial charge >= 0.3 is 0 Å². The van der Waals surface area contributed by atoms with Crippen LogP contribution in [0.15, 0.2) is 23.1 Å². The number of fused-ring (bicyclic) bond motifs is 1. The van der Waals surface area contributed by atoms with Crippen molar-refractivity contribution in [2.24, 2.45) is 0 Å². The fraction of sp³-hybridized carbons (Fsp3) is 0.640. The Morgan fingerprint density at radius 1 is 1.22 bits per heavy atom. The lowest BCUT2D eigenvalue weighted by Gasteiger charge is -2.26. The van der Waals surface area contributed by atoms with Gasteiger partial charge in [-0.2, -0.15) is 0 Å². The van der Waals surface area contributed by atoms with Gasteiger partial charge in [0.05, 0.1) is 0 Å². The Kier molecular flexibility index (Phi) is 10.1. The van der Waals surface area contributed by atoms with Crippen molar-refractivity contribution < 1.29 is 14.4 Å². The molecule has 6 nitrogen and oxygen atoms in total. The molecule has 1 aliphatic heterocycles. The van der Waals surface area contributed by atoms with E-state index in [1.165, 1.54) is 62.8 Å². The summed E-state index contributed by atoms with van der Waals surface area (Å²) < 4.78 is 0. The topological polar surface area (TPSA) is 78.5 Å². The van der Waals surface area contributed by atoms with Crippen LogP contribution in [-0.2, 0) is 16.1 Å². The lowest BCUT2D eigenvalue weighted by Crippen LogP contribution is -2.35. The number of hydrogen-bond acceptors (Lipinski definition) is 5. The molecule has 1 aromatic rings. The number of rotatable bonds is 15. The van der Waals surface area contributed by atoms with Crippen LogP contribution in [0.5, 0.6) is 0 Å². The summed E-state index contributed by atoms with van der Waals surface area (Å²) in [5, 5.41) is 5.78. The first-order valence-corrected chi connectivity index (χ1v) is 13.1. The van der Waals surface area contributed by atoms with Gasteiger partial charge in [-0.3, -0.25) is 19.7 Å². The number of benzene rings is 1. The monoisotopic (exact) mass is 459 g/mol. The molecule has 2 N–H and O–H groups in total. The highest BCUT2D eigenvalue weighted by molar-refractivity contribution is 7.99. The summed E-state index contributed by atoms with van der Waals surface area (Å²) in [6.45, 7) is 3.72. The first kappa shape index (κ1) is 24.8. The maximum absolute atomic E-state index is 12.7. The van der Waals surface area contributed by atoms with Crippen molar-refractivity contribution >= 4 is 30.0 Å². The summed E-state index contributed by atoms with van der Waals surface area (Å²) in [6.07, 6.45) is 11.7. The number of unbranched alkanes of at least 4 members (excludes halogenated alkanes) is 4. The van der Waals surface area contributed by atoms with Crippen molar-refractivity contribution in [3.05, 3.63) is 29.3 Å². The third kappa shape index (κ3) is 7.34. The number of amides is 3. The van der Waals surface area contributed by atoms with Crippen LogP contribution >= 0.6 is 11.8 Å². The molecule has 176 valence electrons. The standard InChI is InChI=1S/C25H37N3O3S/c1-19(10-13-24(30)27-18-29)28-17-20-16-22(11-12-23(20)25(28)31)32-15-6-4-2-3-5-14-26-21-8-7-9-21/h11-12,16,18-19,21,26H,2-10,13-15,17H2,1H3,(H,27,29,30). The smallest absolute Gasteiger partial charge is 0.254 e. The molecule has 1 heterocycles. The lowest BCUT2D eigenvalue weighted by molar-refractivity contribution is -0.125. The quantitative estimate of drug-likeness (QED) is 0.233. The van der Waals surface area contributed by atoms with Crippen molar-refractivity contribution in [2.45, 2.75) is 94.7 Å². The minimum Gasteiger partial charge on any atom is -0.332 e. The van der Waals surface area contributed by atoms with E-state index in [-0.39, 0.29) is 24.3 Å². The van der Waals surface area contributed by atoms with Crippen LogP contribution in [-0.4, -0.2) is 47.5 Å². The average Bonchev–Trinajstić information content (AvgIpc) is 3.08. The fourth-order valence-electron chi connectivity index (χ4n) is 4.27. The highest BCUT2D eigenvalue weighted by atomic mass is 32.2. The van der Waals surface area contributed by atoms with Crippen LogP contribution in [0.2, 0.25) is 0 Å². The van der Waals surface area contributed by atoms with E-state index in [2.05, 4.69) is 22.8 Å². The van der Waals surface area contributed by atoms with E-state index in [0.29, 0.717) is 19.4 Å². The maximum Gasteiger partial charge on any atom is 0.254 e. The van der Waals surface area contributed by atoms with Crippen LogP contribution in [0.3, 0.4) is 0 Å². The predicted molar refractivity (Wildman–Crippen MR) is 129 cm³/mol. The third-order valence-electron chi connectivity index (χ3n) is 6.58. The summed E-state index contributed by atoms with van der Waals surface area (Å²) in [5.74, 6) is 0.839. The summed E-state index contributed by atoms with van der Waals surface area (Å²) >= 11 is 1.87. The van der Waals surface area contributed by atoms with Crippen LogP contribution in [0.4, 0.5) is 0 Å². The summed E-state index contributed by atoms with van der Waals surface area (Å²) in [6, 6.07) is 6.90. The maximum atomic E-state index is 12.7. The summed E-state index contributed by atoms with van der Waals surface area (Å²) in [5.41, 5.74) is 1.84. The van der Waals surface area contributed by atoms with Gasteiger partial charge in [0, 0.05) is 35.5 Å². The number of imide groups is 1. The van der Waals surface area contributed by atoms with Gasteiger partial charge in [-0.05, 0) is 75.1 Å². The van der Waals surface area contributed by atoms with Crippen LogP contribution < -0.4 is 10.6 Å².